The van der Waals surface area contributed by atoms with Crippen molar-refractivity contribution < 1.29 is 4.79 Å². The Balaban J connectivity index is 2.89. The summed E-state index contributed by atoms with van der Waals surface area (Å²) < 4.78 is 3.10. The number of Topliss-reactive ketones (excluding diaryl/α,β-unsaturated/α-hetero) is 1. The molecular formula is C9H10I3NO. The molecule has 0 saturated heterocycles. The van der Waals surface area contributed by atoms with Crippen LogP contribution in [0.1, 0.15) is 36.5 Å². The fourth-order valence-corrected chi connectivity index (χ4v) is 4.24. The third-order valence-corrected chi connectivity index (χ3v) is 5.62. The maximum Gasteiger partial charge on any atom is 0.166 e. The van der Waals surface area contributed by atoms with Crippen LogP contribution < -0.4 is 0 Å². The van der Waals surface area contributed by atoms with Gasteiger partial charge >= 0.3 is 0 Å². The first kappa shape index (κ1) is 13.2. The first-order valence-corrected chi connectivity index (χ1v) is 7.57. The number of ketones is 1. The van der Waals surface area contributed by atoms with Gasteiger partial charge in [-0.05, 0) is 74.2 Å². The van der Waals surface area contributed by atoms with Crippen LogP contribution in [-0.2, 0) is 0 Å². The highest BCUT2D eigenvalue weighted by atomic mass is 127. The molecule has 0 spiro atoms. The zero-order chi connectivity index (χ0) is 10.7. The number of hydrogen-bond acceptors (Lipinski definition) is 1. The van der Waals surface area contributed by atoms with Crippen LogP contribution in [0.2, 0.25) is 0 Å². The Morgan fingerprint density at radius 2 is 1.93 bits per heavy atom. The molecule has 5 heteroatoms. The molecule has 0 atom stereocenters. The largest absolute Gasteiger partial charge is 0.344 e. The zero-order valence-electron chi connectivity index (χ0n) is 7.66. The molecule has 78 valence electrons. The molecule has 0 bridgehead atoms. The highest BCUT2D eigenvalue weighted by Gasteiger charge is 2.18. The summed E-state index contributed by atoms with van der Waals surface area (Å²) in [6.45, 7) is 2.10. The standard InChI is InChI=1S/C9H10I3NO/c1-2-3-4-5(14)6-7(10)9(12)13-8(6)11/h13H,2-4H2,1H3. The molecule has 14 heavy (non-hydrogen) atoms. The topological polar surface area (TPSA) is 32.9 Å². The van der Waals surface area contributed by atoms with E-state index in [1.54, 1.807) is 0 Å². The first-order chi connectivity index (χ1) is 6.57. The monoisotopic (exact) mass is 529 g/mol. The predicted octanol–water partition coefficient (Wildman–Crippen LogP) is 4.20. The Morgan fingerprint density at radius 3 is 2.36 bits per heavy atom. The highest BCUT2D eigenvalue weighted by Crippen LogP contribution is 2.25. The molecule has 0 unspecified atom stereocenters. The SMILES string of the molecule is CCCCC(=O)c1c(I)[nH]c(I)c1I. The fourth-order valence-electron chi connectivity index (χ4n) is 1.13. The second kappa shape index (κ2) is 6.02. The van der Waals surface area contributed by atoms with Crippen molar-refractivity contribution in [3.8, 4) is 0 Å². The van der Waals surface area contributed by atoms with Crippen LogP contribution in [0, 0.1) is 11.0 Å². The average Bonchev–Trinajstić information content (AvgIpc) is 2.38. The second-order valence-electron chi connectivity index (χ2n) is 2.97. The van der Waals surface area contributed by atoms with Crippen molar-refractivity contribution in [1.82, 2.24) is 4.98 Å². The van der Waals surface area contributed by atoms with Crippen molar-refractivity contribution in [2.45, 2.75) is 26.2 Å². The number of rotatable bonds is 4. The number of carbonyl (C=O) groups is 1. The number of aromatic nitrogens is 1. The van der Waals surface area contributed by atoms with Gasteiger partial charge in [0.25, 0.3) is 0 Å². The Morgan fingerprint density at radius 1 is 1.29 bits per heavy atom. The lowest BCUT2D eigenvalue weighted by Gasteiger charge is -1.98. The molecule has 1 aromatic rings. The number of halogens is 3. The summed E-state index contributed by atoms with van der Waals surface area (Å²) in [5, 5.41) is 0. The van der Waals surface area contributed by atoms with Crippen molar-refractivity contribution in [3.63, 3.8) is 0 Å². The smallest absolute Gasteiger partial charge is 0.166 e. The summed E-state index contributed by atoms with van der Waals surface area (Å²) in [6.07, 6.45) is 2.71. The molecule has 0 aliphatic rings. The Kier molecular flexibility index (Phi) is 5.68. The van der Waals surface area contributed by atoms with E-state index in [0.29, 0.717) is 6.42 Å². The van der Waals surface area contributed by atoms with Crippen molar-refractivity contribution in [2.24, 2.45) is 0 Å². The number of aromatic amines is 1. The van der Waals surface area contributed by atoms with Gasteiger partial charge in [-0.15, -0.1) is 0 Å². The molecular weight excluding hydrogens is 519 g/mol. The maximum absolute atomic E-state index is 11.8. The van der Waals surface area contributed by atoms with E-state index >= 15 is 0 Å². The molecule has 0 aliphatic carbocycles. The van der Waals surface area contributed by atoms with Crippen LogP contribution in [0.15, 0.2) is 0 Å². The molecule has 2 nitrogen and oxygen atoms in total. The van der Waals surface area contributed by atoms with E-state index in [1.807, 2.05) is 0 Å². The molecule has 0 radical (unpaired) electrons. The zero-order valence-corrected chi connectivity index (χ0v) is 14.1. The minimum atomic E-state index is 0.264. The van der Waals surface area contributed by atoms with E-state index in [-0.39, 0.29) is 5.78 Å². The summed E-state index contributed by atoms with van der Waals surface area (Å²) in [6, 6.07) is 0. The predicted molar refractivity (Wildman–Crippen MR) is 82.8 cm³/mol. The van der Waals surface area contributed by atoms with Gasteiger partial charge in [-0.25, -0.2) is 0 Å². The Hall–Kier alpha value is 1.14. The molecule has 1 N–H and O–H groups in total. The number of nitrogens with one attached hydrogen (secondary N) is 1. The van der Waals surface area contributed by atoms with E-state index in [0.717, 1.165) is 29.4 Å². The lowest BCUT2D eigenvalue weighted by molar-refractivity contribution is 0.0978. The van der Waals surface area contributed by atoms with E-state index in [1.165, 1.54) is 0 Å². The van der Waals surface area contributed by atoms with Crippen LogP contribution >= 0.6 is 67.8 Å². The van der Waals surface area contributed by atoms with Gasteiger partial charge in [0.2, 0.25) is 0 Å². The van der Waals surface area contributed by atoms with Crippen molar-refractivity contribution in [2.75, 3.05) is 0 Å². The summed E-state index contributed by atoms with van der Waals surface area (Å²) in [5.74, 6) is 0.264. The van der Waals surface area contributed by atoms with Gasteiger partial charge in [-0.1, -0.05) is 13.3 Å². The number of unbranched alkanes of at least 4 members (excludes halogenated alkanes) is 1. The third-order valence-electron chi connectivity index (χ3n) is 1.89. The second-order valence-corrected chi connectivity index (χ2v) is 6.20. The molecule has 0 amide bonds. The van der Waals surface area contributed by atoms with Crippen molar-refractivity contribution in [1.29, 1.82) is 0 Å². The van der Waals surface area contributed by atoms with E-state index in [9.17, 15) is 4.79 Å². The van der Waals surface area contributed by atoms with Crippen molar-refractivity contribution >= 4 is 73.6 Å². The van der Waals surface area contributed by atoms with Gasteiger partial charge < -0.3 is 4.98 Å². The first-order valence-electron chi connectivity index (χ1n) is 4.33. The van der Waals surface area contributed by atoms with E-state index in [2.05, 4.69) is 79.7 Å². The summed E-state index contributed by atoms with van der Waals surface area (Å²) in [7, 11) is 0. The fraction of sp³-hybridized carbons (Fsp3) is 0.444. The van der Waals surface area contributed by atoms with Gasteiger partial charge in [0.15, 0.2) is 5.78 Å². The van der Waals surface area contributed by atoms with Crippen LogP contribution in [0.5, 0.6) is 0 Å². The minimum absolute atomic E-state index is 0.264. The van der Waals surface area contributed by atoms with Crippen LogP contribution in [-0.4, -0.2) is 10.8 Å². The Bertz CT molecular complexity index is 346. The maximum atomic E-state index is 11.8. The van der Waals surface area contributed by atoms with Gasteiger partial charge in [-0.3, -0.25) is 4.79 Å². The molecule has 0 aromatic carbocycles. The van der Waals surface area contributed by atoms with Gasteiger partial charge in [0, 0.05) is 6.42 Å². The molecule has 0 saturated carbocycles. The minimum Gasteiger partial charge on any atom is -0.344 e. The van der Waals surface area contributed by atoms with E-state index in [4.69, 9.17) is 0 Å². The lowest BCUT2D eigenvalue weighted by Crippen LogP contribution is -2.01. The summed E-state index contributed by atoms with van der Waals surface area (Å²) in [5.41, 5.74) is 0.879. The molecule has 1 aromatic heterocycles. The average molecular weight is 529 g/mol. The lowest BCUT2D eigenvalue weighted by atomic mass is 10.1. The van der Waals surface area contributed by atoms with Crippen LogP contribution in [0.3, 0.4) is 0 Å². The van der Waals surface area contributed by atoms with Crippen LogP contribution in [0.4, 0.5) is 0 Å². The third kappa shape index (κ3) is 3.06. The Labute approximate surface area is 124 Å². The number of H-pyrrole nitrogens is 1. The summed E-state index contributed by atoms with van der Waals surface area (Å²) >= 11 is 6.64. The quantitative estimate of drug-likeness (QED) is 0.461. The van der Waals surface area contributed by atoms with Gasteiger partial charge in [0.1, 0.15) is 0 Å². The summed E-state index contributed by atoms with van der Waals surface area (Å²) in [4.78, 5) is 15.0. The number of hydrogen-bond donors (Lipinski definition) is 1. The number of carbonyl (C=O) groups excluding carboxylic acids is 1. The van der Waals surface area contributed by atoms with Gasteiger partial charge in [0.05, 0.1) is 16.5 Å². The van der Waals surface area contributed by atoms with Crippen molar-refractivity contribution in [3.05, 3.63) is 16.5 Å². The van der Waals surface area contributed by atoms with Gasteiger partial charge in [-0.2, -0.15) is 0 Å². The normalized spacial score (nSPS) is 10.6. The molecule has 0 fully saturated rings. The van der Waals surface area contributed by atoms with E-state index < -0.39 is 0 Å². The molecule has 1 rings (SSSR count). The van der Waals surface area contributed by atoms with Crippen LogP contribution in [0.25, 0.3) is 0 Å². The molecule has 0 aliphatic heterocycles. The molecule has 1 heterocycles. The highest BCUT2D eigenvalue weighted by molar-refractivity contribution is 14.1.